The Morgan fingerprint density at radius 1 is 1.04 bits per heavy atom. The van der Waals surface area contributed by atoms with Crippen LogP contribution in [0.3, 0.4) is 0 Å². The molecule has 156 valence electrons. The number of thioether (sulfide) groups is 1. The maximum atomic E-state index is 11.4. The van der Waals surface area contributed by atoms with E-state index in [1.54, 1.807) is 37.4 Å². The zero-order valence-corrected chi connectivity index (χ0v) is 19.1. The Morgan fingerprint density at radius 2 is 1.48 bits per heavy atom. The van der Waals surface area contributed by atoms with E-state index in [4.69, 9.17) is 5.11 Å². The topological polar surface area (TPSA) is 92.6 Å². The predicted molar refractivity (Wildman–Crippen MR) is 115 cm³/mol. The number of rotatable bonds is 2. The highest BCUT2D eigenvalue weighted by atomic mass is 79.9. The van der Waals surface area contributed by atoms with E-state index in [0.29, 0.717) is 0 Å². The second-order valence-corrected chi connectivity index (χ2v) is 11.6. The number of halogens is 1. The SMILES string of the molecule is C1CCC(C2CCCCC2)CC1.CC1(C)S[C@@H]2[C@H](Br)C(=O)N2[C@H]1C(=O)O.N. The van der Waals surface area contributed by atoms with Gasteiger partial charge in [-0.05, 0) is 25.7 Å². The molecule has 0 radical (unpaired) electrons. The number of carboxylic acid groups (broad SMARTS) is 1. The summed E-state index contributed by atoms with van der Waals surface area (Å²) in [5, 5.41) is 9.04. The van der Waals surface area contributed by atoms with Crippen molar-refractivity contribution < 1.29 is 14.7 Å². The monoisotopic (exact) mass is 462 g/mol. The first kappa shape index (κ1) is 23.0. The average Bonchev–Trinajstić information content (AvgIpc) is 2.92. The van der Waals surface area contributed by atoms with E-state index >= 15 is 0 Å². The Kier molecular flexibility index (Phi) is 8.08. The zero-order chi connectivity index (χ0) is 18.9. The van der Waals surface area contributed by atoms with E-state index < -0.39 is 16.8 Å². The molecule has 0 aromatic rings. The second-order valence-electron chi connectivity index (χ2n) is 8.80. The molecule has 0 aromatic heterocycles. The zero-order valence-electron chi connectivity index (χ0n) is 16.7. The number of carbonyl (C=O) groups is 2. The minimum atomic E-state index is -0.919. The van der Waals surface area contributed by atoms with Gasteiger partial charge in [0.1, 0.15) is 16.2 Å². The maximum Gasteiger partial charge on any atom is 0.327 e. The summed E-state index contributed by atoms with van der Waals surface area (Å²) in [7, 11) is 0. The van der Waals surface area contributed by atoms with Crippen LogP contribution >= 0.6 is 27.7 Å². The van der Waals surface area contributed by atoms with Crippen molar-refractivity contribution >= 4 is 39.6 Å². The molecule has 1 amide bonds. The first-order valence-electron chi connectivity index (χ1n) is 10.2. The molecule has 0 unspecified atom stereocenters. The molecule has 4 aliphatic rings. The fraction of sp³-hybridized carbons (Fsp3) is 0.900. The van der Waals surface area contributed by atoms with Gasteiger partial charge in [0.25, 0.3) is 0 Å². The average molecular weight is 463 g/mol. The third-order valence-electron chi connectivity index (χ3n) is 6.58. The summed E-state index contributed by atoms with van der Waals surface area (Å²) in [6.45, 7) is 3.73. The molecule has 2 saturated heterocycles. The number of carbonyl (C=O) groups excluding carboxylic acids is 1. The minimum absolute atomic E-state index is 0. The maximum absolute atomic E-state index is 11.4. The smallest absolute Gasteiger partial charge is 0.327 e. The van der Waals surface area contributed by atoms with E-state index in [0.717, 1.165) is 11.8 Å². The lowest BCUT2D eigenvalue weighted by molar-refractivity contribution is -0.156. The molecule has 7 heteroatoms. The Morgan fingerprint density at radius 3 is 1.89 bits per heavy atom. The summed E-state index contributed by atoms with van der Waals surface area (Å²) < 4.78 is -0.408. The van der Waals surface area contributed by atoms with Crippen molar-refractivity contribution in [1.29, 1.82) is 0 Å². The molecule has 4 N–H and O–H groups in total. The molecular formula is C20H35BrN2O3S. The third kappa shape index (κ3) is 4.84. The number of hydrogen-bond donors (Lipinski definition) is 2. The number of alkyl halides is 1. The van der Waals surface area contributed by atoms with Crippen LogP contribution in [0.4, 0.5) is 0 Å². The Balaban J connectivity index is 0.000000189. The third-order valence-corrected chi connectivity index (χ3v) is 9.39. The number of aliphatic carboxylic acids is 1. The molecule has 3 atom stereocenters. The number of carboxylic acids is 1. The molecule has 2 aliphatic heterocycles. The van der Waals surface area contributed by atoms with Crippen molar-refractivity contribution in [2.45, 2.75) is 99.0 Å². The van der Waals surface area contributed by atoms with Crippen LogP contribution in [-0.2, 0) is 9.59 Å². The van der Waals surface area contributed by atoms with Gasteiger partial charge < -0.3 is 16.2 Å². The molecule has 4 fully saturated rings. The summed E-state index contributed by atoms with van der Waals surface area (Å²) >= 11 is 4.80. The summed E-state index contributed by atoms with van der Waals surface area (Å²) in [6, 6.07) is -0.696. The molecule has 0 spiro atoms. The van der Waals surface area contributed by atoms with E-state index in [-0.39, 0.29) is 22.3 Å². The summed E-state index contributed by atoms with van der Waals surface area (Å²) in [5.74, 6) is 1.25. The van der Waals surface area contributed by atoms with E-state index in [1.807, 2.05) is 13.8 Å². The van der Waals surface area contributed by atoms with Crippen LogP contribution in [0.5, 0.6) is 0 Å². The quantitative estimate of drug-likeness (QED) is 0.433. The Hall–Kier alpha value is -0.270. The molecule has 27 heavy (non-hydrogen) atoms. The normalized spacial score (nSPS) is 33.2. The predicted octanol–water partition coefficient (Wildman–Crippen LogP) is 5.21. The van der Waals surface area contributed by atoms with E-state index in [1.165, 1.54) is 43.4 Å². The molecule has 4 rings (SSSR count). The van der Waals surface area contributed by atoms with Crippen LogP contribution in [0, 0.1) is 11.8 Å². The van der Waals surface area contributed by atoms with Crippen LogP contribution < -0.4 is 6.15 Å². The molecule has 2 heterocycles. The van der Waals surface area contributed by atoms with Gasteiger partial charge in [0.2, 0.25) is 5.91 Å². The molecule has 5 nitrogen and oxygen atoms in total. The van der Waals surface area contributed by atoms with Gasteiger partial charge in [0, 0.05) is 4.75 Å². The van der Waals surface area contributed by atoms with Crippen molar-refractivity contribution in [3.63, 3.8) is 0 Å². The van der Waals surface area contributed by atoms with Crippen LogP contribution in [0.1, 0.15) is 78.1 Å². The van der Waals surface area contributed by atoms with Crippen LogP contribution in [0.2, 0.25) is 0 Å². The van der Waals surface area contributed by atoms with Crippen LogP contribution in [0.25, 0.3) is 0 Å². The Labute approximate surface area is 176 Å². The summed E-state index contributed by atoms with van der Waals surface area (Å²) in [4.78, 5) is 23.7. The largest absolute Gasteiger partial charge is 0.480 e. The second kappa shape index (κ2) is 9.49. The number of nitrogens with zero attached hydrogens (tertiary/aromatic N) is 1. The van der Waals surface area contributed by atoms with Crippen molar-refractivity contribution in [3.8, 4) is 0 Å². The standard InChI is InChI=1S/C12H22.C8H10BrNO3S.H3N/c1-3-7-11(8-4-1)12-9-5-2-6-10-12;1-8(2)4(7(12)13)10-5(11)3(9)6(10)14-8;/h11-12H,1-10H2;3-4,6H,1-2H3,(H,12,13);1H3/t;3-,4+,6-;/m.1./s1. The minimum Gasteiger partial charge on any atom is -0.480 e. The highest BCUT2D eigenvalue weighted by Crippen LogP contribution is 2.52. The first-order valence-corrected chi connectivity index (χ1v) is 12.0. The molecule has 0 bridgehead atoms. The van der Waals surface area contributed by atoms with Crippen molar-refractivity contribution in [2.24, 2.45) is 11.8 Å². The lowest BCUT2D eigenvalue weighted by atomic mass is 9.73. The van der Waals surface area contributed by atoms with E-state index in [9.17, 15) is 9.59 Å². The van der Waals surface area contributed by atoms with Gasteiger partial charge in [0.15, 0.2) is 0 Å². The van der Waals surface area contributed by atoms with Gasteiger partial charge in [0.05, 0.1) is 0 Å². The summed E-state index contributed by atoms with van der Waals surface area (Å²) in [6.07, 6.45) is 15.4. The van der Waals surface area contributed by atoms with Gasteiger partial charge in [-0.25, -0.2) is 4.79 Å². The number of fused-ring (bicyclic) bond motifs is 1. The fourth-order valence-corrected chi connectivity index (χ4v) is 7.53. The Bertz CT molecular complexity index is 517. The summed E-state index contributed by atoms with van der Waals surface area (Å²) in [5.41, 5.74) is 0. The molecule has 0 aromatic carbocycles. The number of amides is 1. The molecule has 2 saturated carbocycles. The lowest BCUT2D eigenvalue weighted by Gasteiger charge is -2.40. The van der Waals surface area contributed by atoms with Gasteiger partial charge in [-0.1, -0.05) is 80.1 Å². The first-order chi connectivity index (χ1) is 12.3. The van der Waals surface area contributed by atoms with Crippen LogP contribution in [0.15, 0.2) is 0 Å². The lowest BCUT2D eigenvalue weighted by Crippen LogP contribution is -2.63. The van der Waals surface area contributed by atoms with Gasteiger partial charge in [-0.15, -0.1) is 11.8 Å². The number of β-lactam (4-membered cyclic amide) rings is 1. The van der Waals surface area contributed by atoms with Gasteiger partial charge in [-0.3, -0.25) is 4.79 Å². The van der Waals surface area contributed by atoms with Crippen molar-refractivity contribution in [3.05, 3.63) is 0 Å². The molecule has 2 aliphatic carbocycles. The number of hydrogen-bond acceptors (Lipinski definition) is 4. The molecular weight excluding hydrogens is 428 g/mol. The van der Waals surface area contributed by atoms with Gasteiger partial charge >= 0.3 is 5.97 Å². The van der Waals surface area contributed by atoms with Crippen molar-refractivity contribution in [2.75, 3.05) is 0 Å². The highest BCUT2D eigenvalue weighted by molar-refractivity contribution is 9.10. The van der Waals surface area contributed by atoms with E-state index in [2.05, 4.69) is 15.9 Å². The fourth-order valence-electron chi connectivity index (χ4n) is 5.18. The van der Waals surface area contributed by atoms with Crippen LogP contribution in [-0.4, -0.2) is 42.9 Å². The highest BCUT2D eigenvalue weighted by Gasteiger charge is 2.63. The van der Waals surface area contributed by atoms with Crippen molar-refractivity contribution in [1.82, 2.24) is 11.1 Å². The van der Waals surface area contributed by atoms with Gasteiger partial charge in [-0.2, -0.15) is 0 Å².